The molecule has 12 heavy (non-hydrogen) atoms. The largest absolute Gasteiger partial charge is 0.381 e. The van der Waals surface area contributed by atoms with E-state index in [4.69, 9.17) is 22.8 Å². The van der Waals surface area contributed by atoms with Crippen molar-refractivity contribution in [2.45, 2.75) is 12.8 Å². The van der Waals surface area contributed by atoms with Crippen LogP contribution >= 0.6 is 12.2 Å². The second-order valence-electron chi connectivity index (χ2n) is 2.94. The number of nitrogens with two attached hydrogens (primary N) is 1. The molecular formula is C7H15N3OS. The Balaban J connectivity index is 2.09. The molecule has 0 saturated carbocycles. The lowest BCUT2D eigenvalue weighted by Gasteiger charge is -2.22. The van der Waals surface area contributed by atoms with Crippen LogP contribution in [0, 0.1) is 5.92 Å². The Kier molecular flexibility index (Phi) is 4.27. The van der Waals surface area contributed by atoms with E-state index in [0.717, 1.165) is 26.2 Å². The molecule has 1 unspecified atom stereocenters. The smallest absolute Gasteiger partial charge is 0.180 e. The van der Waals surface area contributed by atoms with E-state index >= 15 is 0 Å². The van der Waals surface area contributed by atoms with Crippen molar-refractivity contribution in [1.29, 1.82) is 0 Å². The van der Waals surface area contributed by atoms with Gasteiger partial charge < -0.3 is 15.5 Å². The monoisotopic (exact) mass is 189 g/mol. The molecule has 70 valence electrons. The molecule has 0 spiro atoms. The maximum atomic E-state index is 5.31. The van der Waals surface area contributed by atoms with Crippen LogP contribution in [0.1, 0.15) is 12.8 Å². The summed E-state index contributed by atoms with van der Waals surface area (Å²) in [7, 11) is 0. The minimum atomic E-state index is 0.501. The Morgan fingerprint density at radius 1 is 1.67 bits per heavy atom. The van der Waals surface area contributed by atoms with Gasteiger partial charge in [-0.15, -0.1) is 0 Å². The summed E-state index contributed by atoms with van der Waals surface area (Å²) in [5.74, 6) is 5.68. The van der Waals surface area contributed by atoms with E-state index in [1.807, 2.05) is 0 Å². The van der Waals surface area contributed by atoms with Gasteiger partial charge in [0.15, 0.2) is 5.11 Å². The first-order valence-electron chi connectivity index (χ1n) is 4.15. The fraction of sp³-hybridized carbons (Fsp3) is 0.857. The number of thiocarbonyl (C=S) groups is 1. The van der Waals surface area contributed by atoms with Crippen molar-refractivity contribution < 1.29 is 4.74 Å². The molecular weight excluding hydrogens is 174 g/mol. The van der Waals surface area contributed by atoms with Crippen molar-refractivity contribution in [3.8, 4) is 0 Å². The van der Waals surface area contributed by atoms with Gasteiger partial charge in [-0.2, -0.15) is 0 Å². The number of ether oxygens (including phenoxy) is 1. The predicted octanol–water partition coefficient (Wildman–Crippen LogP) is -0.249. The van der Waals surface area contributed by atoms with Gasteiger partial charge >= 0.3 is 0 Å². The first-order valence-corrected chi connectivity index (χ1v) is 4.56. The zero-order chi connectivity index (χ0) is 8.81. The molecule has 0 aromatic carbocycles. The van der Waals surface area contributed by atoms with E-state index in [-0.39, 0.29) is 0 Å². The van der Waals surface area contributed by atoms with E-state index in [1.165, 1.54) is 6.42 Å². The molecule has 0 aromatic rings. The molecule has 1 aliphatic rings. The Hall–Kier alpha value is -0.390. The van der Waals surface area contributed by atoms with E-state index < -0.39 is 0 Å². The highest BCUT2D eigenvalue weighted by Gasteiger charge is 2.13. The highest BCUT2D eigenvalue weighted by molar-refractivity contribution is 7.80. The van der Waals surface area contributed by atoms with E-state index in [2.05, 4.69) is 10.7 Å². The fourth-order valence-electron chi connectivity index (χ4n) is 1.26. The van der Waals surface area contributed by atoms with Gasteiger partial charge in [0.25, 0.3) is 0 Å². The molecule has 0 radical (unpaired) electrons. The SMILES string of the molecule is NNC(=S)NCC1CCCOC1. The third-order valence-corrected chi connectivity index (χ3v) is 2.20. The Bertz CT molecular complexity index is 148. The van der Waals surface area contributed by atoms with Gasteiger partial charge in [0, 0.05) is 13.2 Å². The van der Waals surface area contributed by atoms with Crippen LogP contribution in [0.2, 0.25) is 0 Å². The molecule has 1 saturated heterocycles. The Morgan fingerprint density at radius 2 is 2.50 bits per heavy atom. The molecule has 4 nitrogen and oxygen atoms in total. The van der Waals surface area contributed by atoms with Crippen LogP contribution in [0.5, 0.6) is 0 Å². The molecule has 0 aromatic heterocycles. The molecule has 1 heterocycles. The molecule has 1 fully saturated rings. The summed E-state index contributed by atoms with van der Waals surface area (Å²) in [6.45, 7) is 2.58. The standard InChI is InChI=1S/C7H15N3OS/c8-10-7(12)9-4-6-2-1-3-11-5-6/h6H,1-5,8H2,(H2,9,10,12). The third kappa shape index (κ3) is 3.34. The zero-order valence-electron chi connectivity index (χ0n) is 7.01. The molecule has 0 bridgehead atoms. The molecule has 0 aliphatic carbocycles. The molecule has 4 N–H and O–H groups in total. The van der Waals surface area contributed by atoms with Crippen molar-refractivity contribution in [3.05, 3.63) is 0 Å². The van der Waals surface area contributed by atoms with Gasteiger partial charge in [-0.25, -0.2) is 5.84 Å². The summed E-state index contributed by atoms with van der Waals surface area (Å²) in [5, 5.41) is 3.52. The predicted molar refractivity (Wildman–Crippen MR) is 51.5 cm³/mol. The molecule has 1 atom stereocenters. The molecule has 0 amide bonds. The van der Waals surface area contributed by atoms with E-state index in [0.29, 0.717) is 11.0 Å². The zero-order valence-corrected chi connectivity index (χ0v) is 7.82. The topological polar surface area (TPSA) is 59.3 Å². The summed E-state index contributed by atoms with van der Waals surface area (Å²) in [6, 6.07) is 0. The van der Waals surface area contributed by atoms with Gasteiger partial charge in [0.2, 0.25) is 0 Å². The lowest BCUT2D eigenvalue weighted by atomic mass is 10.0. The van der Waals surface area contributed by atoms with Crippen LogP contribution in [0.25, 0.3) is 0 Å². The summed E-state index contributed by atoms with van der Waals surface area (Å²) < 4.78 is 5.31. The van der Waals surface area contributed by atoms with Gasteiger partial charge in [-0.3, -0.25) is 0 Å². The maximum Gasteiger partial charge on any atom is 0.180 e. The van der Waals surface area contributed by atoms with Crippen LogP contribution < -0.4 is 16.6 Å². The highest BCUT2D eigenvalue weighted by atomic mass is 32.1. The van der Waals surface area contributed by atoms with Crippen molar-refractivity contribution in [2.75, 3.05) is 19.8 Å². The second-order valence-corrected chi connectivity index (χ2v) is 3.35. The van der Waals surface area contributed by atoms with Crippen molar-refractivity contribution in [1.82, 2.24) is 10.7 Å². The Morgan fingerprint density at radius 3 is 3.08 bits per heavy atom. The van der Waals surface area contributed by atoms with Gasteiger partial charge in [0.05, 0.1) is 6.61 Å². The molecule has 5 heteroatoms. The molecule has 1 rings (SSSR count). The summed E-state index contributed by atoms with van der Waals surface area (Å²) in [6.07, 6.45) is 2.36. The van der Waals surface area contributed by atoms with E-state index in [9.17, 15) is 0 Å². The highest BCUT2D eigenvalue weighted by Crippen LogP contribution is 2.11. The number of rotatable bonds is 2. The van der Waals surface area contributed by atoms with Crippen LogP contribution in [0.3, 0.4) is 0 Å². The normalized spacial score (nSPS) is 23.2. The fourth-order valence-corrected chi connectivity index (χ4v) is 1.34. The first-order chi connectivity index (χ1) is 5.83. The summed E-state index contributed by atoms with van der Waals surface area (Å²) in [5.41, 5.74) is 2.38. The number of hydrogen-bond acceptors (Lipinski definition) is 3. The minimum absolute atomic E-state index is 0.501. The average Bonchev–Trinajstić information content (AvgIpc) is 2.16. The summed E-state index contributed by atoms with van der Waals surface area (Å²) in [4.78, 5) is 0. The number of hydrogen-bond donors (Lipinski definition) is 3. The van der Waals surface area contributed by atoms with Gasteiger partial charge in [-0.05, 0) is 31.0 Å². The van der Waals surface area contributed by atoms with Crippen LogP contribution in [-0.4, -0.2) is 24.9 Å². The lowest BCUT2D eigenvalue weighted by Crippen LogP contribution is -2.42. The van der Waals surface area contributed by atoms with Crippen molar-refractivity contribution in [3.63, 3.8) is 0 Å². The van der Waals surface area contributed by atoms with Crippen LogP contribution in [0.4, 0.5) is 0 Å². The maximum absolute atomic E-state index is 5.31. The molecule has 1 aliphatic heterocycles. The van der Waals surface area contributed by atoms with Crippen LogP contribution in [0.15, 0.2) is 0 Å². The van der Waals surface area contributed by atoms with Crippen molar-refractivity contribution in [2.24, 2.45) is 11.8 Å². The second kappa shape index (κ2) is 5.29. The van der Waals surface area contributed by atoms with Gasteiger partial charge in [-0.1, -0.05) is 0 Å². The quantitative estimate of drug-likeness (QED) is 0.318. The minimum Gasteiger partial charge on any atom is -0.381 e. The third-order valence-electron chi connectivity index (χ3n) is 1.94. The van der Waals surface area contributed by atoms with Gasteiger partial charge in [0.1, 0.15) is 0 Å². The van der Waals surface area contributed by atoms with Crippen LogP contribution in [-0.2, 0) is 4.74 Å². The van der Waals surface area contributed by atoms with Crippen molar-refractivity contribution >= 4 is 17.3 Å². The Labute approximate surface area is 77.8 Å². The number of hydrazine groups is 1. The number of nitrogens with one attached hydrogen (secondary N) is 2. The average molecular weight is 189 g/mol. The first kappa shape index (κ1) is 9.70. The van der Waals surface area contributed by atoms with E-state index in [1.54, 1.807) is 0 Å². The summed E-state index contributed by atoms with van der Waals surface area (Å²) >= 11 is 4.84. The lowest BCUT2D eigenvalue weighted by molar-refractivity contribution is 0.0565.